The van der Waals surface area contributed by atoms with Crippen LogP contribution in [0, 0.1) is 0 Å². The molecule has 0 spiro atoms. The Bertz CT molecular complexity index is 955. The topological polar surface area (TPSA) is 159 Å². The van der Waals surface area contributed by atoms with E-state index < -0.39 is 28.1 Å². The fraction of sp³-hybridized carbons (Fsp3) is 0.526. The molecule has 35 heavy (non-hydrogen) atoms. The average Bonchev–Trinajstić information content (AvgIpc) is 3.30. The average molecular weight is 563 g/mol. The number of carbonyl (C=O) groups is 3. The maximum absolute atomic E-state index is 12.4. The van der Waals surface area contributed by atoms with Crippen molar-refractivity contribution in [3.8, 4) is 0 Å². The molecule has 198 valence electrons. The lowest BCUT2D eigenvalue weighted by molar-refractivity contribution is -0.192. The first-order valence-electron chi connectivity index (χ1n) is 10.1. The third kappa shape index (κ3) is 13.0. The summed E-state index contributed by atoms with van der Waals surface area (Å²) < 4.78 is 64.5. The number of carboxylic acids is 2. The van der Waals surface area contributed by atoms with Crippen molar-refractivity contribution in [1.82, 2.24) is 10.0 Å². The maximum atomic E-state index is 12.4. The summed E-state index contributed by atoms with van der Waals surface area (Å²) in [7, 11) is -0.795. The Morgan fingerprint density at radius 2 is 1.80 bits per heavy atom. The van der Waals surface area contributed by atoms with Crippen molar-refractivity contribution >= 4 is 49.5 Å². The van der Waals surface area contributed by atoms with E-state index in [0.717, 1.165) is 12.8 Å². The Labute approximate surface area is 207 Å². The maximum Gasteiger partial charge on any atom is 0.490 e. The van der Waals surface area contributed by atoms with E-state index in [9.17, 15) is 31.2 Å². The van der Waals surface area contributed by atoms with Gasteiger partial charge >= 0.3 is 18.1 Å². The van der Waals surface area contributed by atoms with E-state index in [1.807, 2.05) is 0 Å². The number of aliphatic carboxylic acids is 2. The second-order valence-corrected chi connectivity index (χ2v) is 11.3. The van der Waals surface area contributed by atoms with Gasteiger partial charge in [0.05, 0.1) is 17.4 Å². The molecule has 1 fully saturated rings. The number of amides is 1. The summed E-state index contributed by atoms with van der Waals surface area (Å²) >= 11 is 0. The minimum Gasteiger partial charge on any atom is -0.481 e. The SMILES string of the molecule is O=C(O)C(F)(F)F.O=C(O)CCSSCCNC(=O)c1cccc(S(=O)(=O)NCC2CCCO2)c1. The number of carboxylic acid groups (broad SMARTS) is 2. The highest BCUT2D eigenvalue weighted by molar-refractivity contribution is 8.76. The number of rotatable bonds is 12. The van der Waals surface area contributed by atoms with Gasteiger partial charge < -0.3 is 20.3 Å². The minimum absolute atomic E-state index is 0.0387. The van der Waals surface area contributed by atoms with Crippen LogP contribution in [0.15, 0.2) is 29.2 Å². The molecule has 1 aliphatic rings. The molecule has 1 heterocycles. The van der Waals surface area contributed by atoms with E-state index >= 15 is 0 Å². The summed E-state index contributed by atoms with van der Waals surface area (Å²) in [6.45, 7) is 1.27. The first-order chi connectivity index (χ1) is 16.3. The van der Waals surface area contributed by atoms with Crippen molar-refractivity contribution in [1.29, 1.82) is 0 Å². The van der Waals surface area contributed by atoms with Crippen LogP contribution in [0.5, 0.6) is 0 Å². The summed E-state index contributed by atoms with van der Waals surface area (Å²) in [5.41, 5.74) is 0.267. The molecular weight excluding hydrogens is 537 g/mol. The van der Waals surface area contributed by atoms with Gasteiger partial charge in [-0.15, -0.1) is 0 Å². The molecular formula is C19H25F3N2O8S3. The molecule has 1 amide bonds. The van der Waals surface area contributed by atoms with Crippen LogP contribution in [-0.4, -0.2) is 80.0 Å². The van der Waals surface area contributed by atoms with Gasteiger partial charge in [0.25, 0.3) is 5.91 Å². The predicted octanol–water partition coefficient (Wildman–Crippen LogP) is 2.36. The summed E-state index contributed by atoms with van der Waals surface area (Å²) in [5, 5.41) is 18.4. The Kier molecular flexibility index (Phi) is 13.5. The Morgan fingerprint density at radius 1 is 1.14 bits per heavy atom. The number of benzene rings is 1. The number of hydrogen-bond donors (Lipinski definition) is 4. The van der Waals surface area contributed by atoms with Crippen molar-refractivity contribution in [2.45, 2.75) is 36.4 Å². The Hall–Kier alpha value is -2.01. The normalized spacial score (nSPS) is 15.7. The third-order valence-electron chi connectivity index (χ3n) is 4.13. The number of sulfonamides is 1. The van der Waals surface area contributed by atoms with Gasteiger partial charge in [-0.25, -0.2) is 17.9 Å². The number of carbonyl (C=O) groups excluding carboxylic acids is 1. The van der Waals surface area contributed by atoms with Crippen LogP contribution in [0.2, 0.25) is 0 Å². The number of ether oxygens (including phenoxy) is 1. The molecule has 0 radical (unpaired) electrons. The fourth-order valence-electron chi connectivity index (χ4n) is 2.45. The lowest BCUT2D eigenvalue weighted by atomic mass is 10.2. The van der Waals surface area contributed by atoms with Crippen LogP contribution in [0.1, 0.15) is 29.6 Å². The summed E-state index contributed by atoms with van der Waals surface area (Å²) in [6.07, 6.45) is -3.32. The molecule has 1 saturated heterocycles. The smallest absolute Gasteiger partial charge is 0.481 e. The number of hydrogen-bond acceptors (Lipinski definition) is 8. The molecule has 0 aliphatic carbocycles. The molecule has 1 atom stereocenters. The highest BCUT2D eigenvalue weighted by atomic mass is 33.1. The first-order valence-corrected chi connectivity index (χ1v) is 14.1. The van der Waals surface area contributed by atoms with E-state index in [1.165, 1.54) is 39.8 Å². The zero-order chi connectivity index (χ0) is 26.5. The fourth-order valence-corrected chi connectivity index (χ4v) is 5.45. The van der Waals surface area contributed by atoms with Gasteiger partial charge in [-0.1, -0.05) is 27.7 Å². The lowest BCUT2D eigenvalue weighted by Gasteiger charge is -2.12. The Morgan fingerprint density at radius 3 is 2.37 bits per heavy atom. The van der Waals surface area contributed by atoms with E-state index in [2.05, 4.69) is 10.0 Å². The van der Waals surface area contributed by atoms with E-state index in [4.69, 9.17) is 19.7 Å². The van der Waals surface area contributed by atoms with Gasteiger partial charge in [0, 0.05) is 36.8 Å². The van der Waals surface area contributed by atoms with Crippen LogP contribution < -0.4 is 10.0 Å². The number of alkyl halides is 3. The number of halogens is 3. The molecule has 0 saturated carbocycles. The zero-order valence-electron chi connectivity index (χ0n) is 18.2. The van der Waals surface area contributed by atoms with Crippen molar-refractivity contribution in [2.75, 3.05) is 31.2 Å². The predicted molar refractivity (Wildman–Crippen MR) is 124 cm³/mol. The summed E-state index contributed by atoms with van der Waals surface area (Å²) in [6, 6.07) is 5.89. The highest BCUT2D eigenvalue weighted by Gasteiger charge is 2.38. The van der Waals surface area contributed by atoms with Gasteiger partial charge in [-0.2, -0.15) is 13.2 Å². The lowest BCUT2D eigenvalue weighted by Crippen LogP contribution is -2.32. The summed E-state index contributed by atoms with van der Waals surface area (Å²) in [5.74, 6) is -2.81. The van der Waals surface area contributed by atoms with Gasteiger partial charge in [0.1, 0.15) is 0 Å². The van der Waals surface area contributed by atoms with Crippen LogP contribution in [0.4, 0.5) is 13.2 Å². The molecule has 0 bridgehead atoms. The molecule has 1 unspecified atom stereocenters. The molecule has 1 aromatic carbocycles. The molecule has 2 rings (SSSR count). The van der Waals surface area contributed by atoms with Gasteiger partial charge in [-0.05, 0) is 31.0 Å². The summed E-state index contributed by atoms with van der Waals surface area (Å²) in [4.78, 5) is 31.6. The monoisotopic (exact) mass is 562 g/mol. The van der Waals surface area contributed by atoms with E-state index in [0.29, 0.717) is 24.7 Å². The molecule has 0 aromatic heterocycles. The Balaban J connectivity index is 0.000000762. The molecule has 4 N–H and O–H groups in total. The van der Waals surface area contributed by atoms with E-state index in [1.54, 1.807) is 6.07 Å². The van der Waals surface area contributed by atoms with Crippen molar-refractivity contribution < 1.29 is 50.9 Å². The van der Waals surface area contributed by atoms with Gasteiger partial charge in [0.15, 0.2) is 0 Å². The molecule has 1 aromatic rings. The quantitative estimate of drug-likeness (QED) is 0.220. The van der Waals surface area contributed by atoms with Crippen molar-refractivity contribution in [2.24, 2.45) is 0 Å². The van der Waals surface area contributed by atoms with Crippen LogP contribution in [-0.2, 0) is 24.3 Å². The second kappa shape index (κ2) is 15.2. The molecule has 16 heteroatoms. The van der Waals surface area contributed by atoms with Crippen molar-refractivity contribution in [3.05, 3.63) is 29.8 Å². The van der Waals surface area contributed by atoms with E-state index in [-0.39, 0.29) is 35.4 Å². The number of nitrogens with one attached hydrogen (secondary N) is 2. The first kappa shape index (κ1) is 31.0. The molecule has 1 aliphatic heterocycles. The highest BCUT2D eigenvalue weighted by Crippen LogP contribution is 2.21. The van der Waals surface area contributed by atoms with Crippen LogP contribution >= 0.6 is 21.6 Å². The third-order valence-corrected chi connectivity index (χ3v) is 7.96. The van der Waals surface area contributed by atoms with Crippen LogP contribution in [0.25, 0.3) is 0 Å². The van der Waals surface area contributed by atoms with Gasteiger partial charge in [-0.3, -0.25) is 9.59 Å². The molecule has 10 nitrogen and oxygen atoms in total. The standard InChI is InChI=1S/C17H24N2O6S3.C2HF3O2/c20-16(21)6-9-26-27-10-7-18-17(22)13-3-1-5-15(11-13)28(23,24)19-12-14-4-2-8-25-14;3-2(4,5)1(6)7/h1,3,5,11,14,19H,2,4,6-10,12H2,(H,18,22)(H,20,21);(H,6,7). The second-order valence-electron chi connectivity index (χ2n) is 6.86. The zero-order valence-corrected chi connectivity index (χ0v) is 20.7. The minimum atomic E-state index is -5.08. The van der Waals surface area contributed by atoms with Crippen LogP contribution in [0.3, 0.4) is 0 Å². The van der Waals surface area contributed by atoms with Crippen molar-refractivity contribution in [3.63, 3.8) is 0 Å². The van der Waals surface area contributed by atoms with Gasteiger partial charge in [0.2, 0.25) is 10.0 Å². The largest absolute Gasteiger partial charge is 0.490 e.